The lowest BCUT2D eigenvalue weighted by molar-refractivity contribution is -0.257. The van der Waals surface area contributed by atoms with Crippen LogP contribution in [0.3, 0.4) is 0 Å². The minimum atomic E-state index is -1.36. The summed E-state index contributed by atoms with van der Waals surface area (Å²) in [6.07, 6.45) is 12.1. The third-order valence-electron chi connectivity index (χ3n) is 19.8. The smallest absolute Gasteiger partial charge is 0.313 e. The molecule has 0 aromatic carbocycles. The minimum Gasteiger partial charge on any atom is -0.463 e. The molecule has 0 unspecified atom stereocenters. The molecule has 0 spiro atoms. The van der Waals surface area contributed by atoms with Crippen LogP contribution >= 0.6 is 0 Å². The second-order valence-corrected chi connectivity index (χ2v) is 25.7. The molecule has 426 valence electrons. The van der Waals surface area contributed by atoms with Crippen LogP contribution < -0.4 is 5.32 Å². The number of aliphatic hydroxyl groups is 2. The molecular weight excluding hydrogens is 977 g/mol. The van der Waals surface area contributed by atoms with Crippen LogP contribution in [0.5, 0.6) is 0 Å². The lowest BCUT2D eigenvalue weighted by atomic mass is 9.33. The summed E-state index contributed by atoms with van der Waals surface area (Å²) in [5.41, 5.74) is 1.06. The first kappa shape index (κ1) is 59.2. The highest BCUT2D eigenvalue weighted by Crippen LogP contribution is 2.76. The summed E-state index contributed by atoms with van der Waals surface area (Å²) in [5.74, 6) is -2.57. The first-order valence-electron chi connectivity index (χ1n) is 28.4. The Hall–Kier alpha value is -4.42. The fraction of sp³-hybridized carbons (Fsp3) is 0.828. The van der Waals surface area contributed by atoms with Crippen molar-refractivity contribution in [3.05, 3.63) is 23.5 Å². The summed E-state index contributed by atoms with van der Waals surface area (Å²) in [6, 6.07) is 0. The highest BCUT2D eigenvalue weighted by Gasteiger charge is 2.70. The van der Waals surface area contributed by atoms with Crippen molar-refractivity contribution >= 4 is 35.8 Å². The van der Waals surface area contributed by atoms with Crippen molar-refractivity contribution in [3.8, 4) is 0 Å². The molecule has 4 saturated carbocycles. The van der Waals surface area contributed by atoms with E-state index < -0.39 is 72.1 Å². The number of aliphatic hydroxyl groups excluding tert-OH is 2. The molecule has 7 rings (SSSR count). The number of nitrogens with zero attached hydrogens (tertiary/aromatic N) is 3. The van der Waals surface area contributed by atoms with Gasteiger partial charge in [0.1, 0.15) is 25.0 Å². The Labute approximate surface area is 450 Å². The normalized spacial score (nSPS) is 36.1. The molecule has 1 aliphatic heterocycles. The van der Waals surface area contributed by atoms with E-state index in [-0.39, 0.29) is 64.5 Å². The predicted octanol–water partition coefficient (Wildman–Crippen LogP) is 8.16. The van der Waals surface area contributed by atoms with Gasteiger partial charge in [-0.05, 0) is 115 Å². The molecule has 14 atom stereocenters. The number of ether oxygens (including phenoxy) is 6. The van der Waals surface area contributed by atoms with E-state index in [1.165, 1.54) is 12.5 Å². The number of carbonyl (C=O) groups excluding carboxylic acids is 6. The van der Waals surface area contributed by atoms with Crippen LogP contribution in [0.1, 0.15) is 197 Å². The third-order valence-corrected chi connectivity index (χ3v) is 19.8. The maximum absolute atomic E-state index is 14.7. The zero-order chi connectivity index (χ0) is 55.6. The number of rotatable bonds is 20. The van der Waals surface area contributed by atoms with Gasteiger partial charge in [0, 0.05) is 40.7 Å². The first-order valence-corrected chi connectivity index (χ1v) is 28.4. The highest BCUT2D eigenvalue weighted by molar-refractivity contribution is 5.79. The quantitative estimate of drug-likeness (QED) is 0.0483. The summed E-state index contributed by atoms with van der Waals surface area (Å²) in [5, 5.41) is 33.9. The SMILES string of the molecule is CC(=O)OC[C@H]1O[C@@H](NC(=O)CCCCCCCCCCn2cc(COC(=O)[C@]34CCC(C)(C)C[C@H]3C3=CC[C@@H]5[C@@]6(C)C[C@@H](O)[C@H](O)C(C)(C)[C@@H]6CC[C@@]5(C)[C@]3(C)CC4)nn2)[C@H](OC(C)=O)[C@@H](OC(C)=O)[C@@H]1OC(C)=O. The van der Waals surface area contributed by atoms with Crippen molar-refractivity contribution in [3.63, 3.8) is 0 Å². The standard InChI is InChI=1S/C58H90N4O14/c1-35(63)71-34-43-47(73-36(2)64)48(74-37(3)65)49(75-38(4)66)51(76-43)59-46(68)20-18-16-14-12-13-15-17-19-29-62-32-39(60-61-62)33-72-52(70)58-27-25-53(5,6)30-41(58)40-21-22-45-55(9)31-42(67)50(69)54(7,8)44(55)23-24-57(45,11)56(40,10)26-28-58/h21,32,41-45,47-51,67,69H,12-20,22-31,33-34H2,1-11H3,(H,59,68)/t41-,42+,43+,44-,45+,47+,48-,49+,50-,51+,55-,56+,57+,58-/m0/s1. The van der Waals surface area contributed by atoms with Gasteiger partial charge >= 0.3 is 29.8 Å². The van der Waals surface area contributed by atoms with Crippen molar-refractivity contribution in [1.82, 2.24) is 20.3 Å². The van der Waals surface area contributed by atoms with Crippen LogP contribution in [-0.4, -0.2) is 110 Å². The van der Waals surface area contributed by atoms with E-state index in [1.807, 2.05) is 10.9 Å². The van der Waals surface area contributed by atoms with E-state index in [2.05, 4.69) is 70.2 Å². The number of aryl methyl sites for hydroxylation is 1. The van der Waals surface area contributed by atoms with E-state index in [9.17, 15) is 39.0 Å². The number of fused-ring (bicyclic) bond motifs is 7. The van der Waals surface area contributed by atoms with Crippen LogP contribution in [0.25, 0.3) is 0 Å². The van der Waals surface area contributed by atoms with Crippen molar-refractivity contribution in [2.45, 2.75) is 248 Å². The van der Waals surface area contributed by atoms with Gasteiger partial charge in [-0.15, -0.1) is 5.10 Å². The highest BCUT2D eigenvalue weighted by atomic mass is 16.7. The average molecular weight is 1070 g/mol. The molecule has 1 aromatic rings. The van der Waals surface area contributed by atoms with Crippen molar-refractivity contribution in [2.75, 3.05) is 6.61 Å². The van der Waals surface area contributed by atoms with Gasteiger partial charge in [0.25, 0.3) is 0 Å². The van der Waals surface area contributed by atoms with E-state index in [1.54, 1.807) is 0 Å². The Balaban J connectivity index is 0.844. The molecule has 76 heavy (non-hydrogen) atoms. The summed E-state index contributed by atoms with van der Waals surface area (Å²) in [6.45, 7) is 21.4. The predicted molar refractivity (Wildman–Crippen MR) is 278 cm³/mol. The maximum atomic E-state index is 14.7. The average Bonchev–Trinajstić information content (AvgIpc) is 3.88. The van der Waals surface area contributed by atoms with Crippen LogP contribution in [0.4, 0.5) is 0 Å². The van der Waals surface area contributed by atoms with Crippen LogP contribution in [0, 0.1) is 50.2 Å². The Morgan fingerprint density at radius 1 is 0.724 bits per heavy atom. The molecule has 5 aliphatic carbocycles. The molecule has 1 aromatic heterocycles. The minimum absolute atomic E-state index is 0.00111. The summed E-state index contributed by atoms with van der Waals surface area (Å²) in [7, 11) is 0. The van der Waals surface area contributed by atoms with Gasteiger partial charge in [-0.2, -0.15) is 0 Å². The lowest BCUT2D eigenvalue weighted by Gasteiger charge is -2.71. The molecule has 5 fully saturated rings. The van der Waals surface area contributed by atoms with E-state index in [0.717, 1.165) is 117 Å². The van der Waals surface area contributed by atoms with E-state index in [0.29, 0.717) is 36.9 Å². The molecule has 0 bridgehead atoms. The largest absolute Gasteiger partial charge is 0.463 e. The second-order valence-electron chi connectivity index (χ2n) is 25.7. The number of nitrogens with one attached hydrogen (secondary N) is 1. The number of unbranched alkanes of at least 4 members (excludes halogenated alkanes) is 7. The van der Waals surface area contributed by atoms with Gasteiger partial charge in [-0.1, -0.05) is 104 Å². The number of esters is 5. The van der Waals surface area contributed by atoms with E-state index >= 15 is 0 Å². The maximum Gasteiger partial charge on any atom is 0.313 e. The van der Waals surface area contributed by atoms with Gasteiger partial charge in [0.05, 0.1) is 23.8 Å². The van der Waals surface area contributed by atoms with Gasteiger partial charge in [-0.3, -0.25) is 33.4 Å². The van der Waals surface area contributed by atoms with Crippen LogP contribution in [0.15, 0.2) is 17.8 Å². The Morgan fingerprint density at radius 3 is 2.00 bits per heavy atom. The van der Waals surface area contributed by atoms with Crippen LogP contribution in [0.2, 0.25) is 0 Å². The summed E-state index contributed by atoms with van der Waals surface area (Å²) in [4.78, 5) is 75.7. The molecule has 3 N–H and O–H groups in total. The fourth-order valence-corrected chi connectivity index (χ4v) is 15.7. The Morgan fingerprint density at radius 2 is 1.34 bits per heavy atom. The van der Waals surface area contributed by atoms with Gasteiger partial charge in [-0.25, -0.2) is 0 Å². The first-order chi connectivity index (χ1) is 35.7. The molecule has 2 heterocycles. The fourth-order valence-electron chi connectivity index (χ4n) is 15.7. The molecule has 0 radical (unpaired) electrons. The van der Waals surface area contributed by atoms with Crippen molar-refractivity contribution < 1.29 is 67.4 Å². The Kier molecular flexibility index (Phi) is 18.3. The number of amides is 1. The van der Waals surface area contributed by atoms with Gasteiger partial charge in [0.15, 0.2) is 24.5 Å². The zero-order valence-electron chi connectivity index (χ0n) is 47.4. The lowest BCUT2D eigenvalue weighted by Crippen LogP contribution is -2.67. The summed E-state index contributed by atoms with van der Waals surface area (Å²) >= 11 is 0. The van der Waals surface area contributed by atoms with Gasteiger partial charge < -0.3 is 44.0 Å². The molecule has 18 nitrogen and oxygen atoms in total. The number of hydrogen-bond donors (Lipinski definition) is 3. The second kappa shape index (κ2) is 23.5. The zero-order valence-corrected chi connectivity index (χ0v) is 47.4. The molecule has 1 saturated heterocycles. The third kappa shape index (κ3) is 12.2. The Bertz CT molecular complexity index is 2310. The van der Waals surface area contributed by atoms with Crippen LogP contribution in [-0.2, 0) is 70.3 Å². The summed E-state index contributed by atoms with van der Waals surface area (Å²) < 4.78 is 35.5. The van der Waals surface area contributed by atoms with E-state index in [4.69, 9.17) is 28.4 Å². The number of carbonyl (C=O) groups is 6. The monoisotopic (exact) mass is 1070 g/mol. The number of allylic oxidation sites excluding steroid dienone is 2. The van der Waals surface area contributed by atoms with Crippen molar-refractivity contribution in [1.29, 1.82) is 0 Å². The number of aromatic nitrogens is 3. The topological polar surface area (TPSA) is 241 Å². The van der Waals surface area contributed by atoms with Crippen molar-refractivity contribution in [2.24, 2.45) is 50.2 Å². The molecule has 1 amide bonds. The number of hydrogen-bond acceptors (Lipinski definition) is 16. The van der Waals surface area contributed by atoms with Gasteiger partial charge in [0.2, 0.25) is 5.91 Å². The molecule has 18 heteroatoms. The molecular formula is C58H90N4O14. The molecule has 6 aliphatic rings.